The van der Waals surface area contributed by atoms with Crippen LogP contribution in [-0.2, 0) is 14.3 Å². The number of hydrogen-bond donors (Lipinski definition) is 2. The Balaban J connectivity index is 2.02. The molecule has 1 heterocycles. The number of nitrogens with one attached hydrogen (secondary N) is 2. The predicted molar refractivity (Wildman–Crippen MR) is 71.6 cm³/mol. The first-order valence-electron chi connectivity index (χ1n) is 7.29. The second kappa shape index (κ2) is 6.37. The second-order valence-electron chi connectivity index (χ2n) is 5.65. The Labute approximate surface area is 114 Å². The lowest BCUT2D eigenvalue weighted by molar-refractivity contribution is -0.153. The van der Waals surface area contributed by atoms with Crippen molar-refractivity contribution in [2.45, 2.75) is 50.5 Å². The SMILES string of the molecule is COC(=O)C1(NC(=O)C2CCNCC2)CCCCC1. The summed E-state index contributed by atoms with van der Waals surface area (Å²) in [5.41, 5.74) is -0.769. The molecule has 2 N–H and O–H groups in total. The largest absolute Gasteiger partial charge is 0.467 e. The highest BCUT2D eigenvalue weighted by atomic mass is 16.5. The van der Waals surface area contributed by atoms with Crippen molar-refractivity contribution in [3.05, 3.63) is 0 Å². The molecule has 0 atom stereocenters. The van der Waals surface area contributed by atoms with Crippen LogP contribution < -0.4 is 10.6 Å². The van der Waals surface area contributed by atoms with Gasteiger partial charge in [0.05, 0.1) is 7.11 Å². The molecule has 1 saturated heterocycles. The number of carbonyl (C=O) groups is 2. The average molecular weight is 268 g/mol. The van der Waals surface area contributed by atoms with Gasteiger partial charge >= 0.3 is 5.97 Å². The van der Waals surface area contributed by atoms with E-state index in [0.717, 1.165) is 45.2 Å². The Bertz CT molecular complexity index is 332. The fraction of sp³-hybridized carbons (Fsp3) is 0.857. The molecule has 1 saturated carbocycles. The van der Waals surface area contributed by atoms with Gasteiger partial charge in [-0.1, -0.05) is 19.3 Å². The summed E-state index contributed by atoms with van der Waals surface area (Å²) in [4.78, 5) is 24.4. The molecule has 0 aromatic heterocycles. The summed E-state index contributed by atoms with van der Waals surface area (Å²) in [5, 5.41) is 6.26. The first-order chi connectivity index (χ1) is 9.18. The summed E-state index contributed by atoms with van der Waals surface area (Å²) in [7, 11) is 1.40. The average Bonchev–Trinajstić information content (AvgIpc) is 2.48. The Hall–Kier alpha value is -1.10. The molecule has 5 nitrogen and oxygen atoms in total. The number of methoxy groups -OCH3 is 1. The smallest absolute Gasteiger partial charge is 0.331 e. The van der Waals surface area contributed by atoms with Gasteiger partial charge in [0.2, 0.25) is 5.91 Å². The van der Waals surface area contributed by atoms with E-state index < -0.39 is 5.54 Å². The summed E-state index contributed by atoms with van der Waals surface area (Å²) < 4.78 is 4.92. The van der Waals surface area contributed by atoms with Crippen LogP contribution >= 0.6 is 0 Å². The van der Waals surface area contributed by atoms with Crippen LogP contribution in [0.15, 0.2) is 0 Å². The molecule has 0 aromatic rings. The van der Waals surface area contributed by atoms with Gasteiger partial charge in [0.15, 0.2) is 0 Å². The highest BCUT2D eigenvalue weighted by Crippen LogP contribution is 2.30. The second-order valence-corrected chi connectivity index (χ2v) is 5.65. The van der Waals surface area contributed by atoms with Gasteiger partial charge in [-0.15, -0.1) is 0 Å². The third kappa shape index (κ3) is 3.26. The van der Waals surface area contributed by atoms with Gasteiger partial charge in [-0.2, -0.15) is 0 Å². The van der Waals surface area contributed by atoms with E-state index >= 15 is 0 Å². The monoisotopic (exact) mass is 268 g/mol. The maximum Gasteiger partial charge on any atom is 0.331 e. The van der Waals surface area contributed by atoms with Crippen LogP contribution in [0.2, 0.25) is 0 Å². The number of ether oxygens (including phenoxy) is 1. The molecule has 2 aliphatic rings. The predicted octanol–water partition coefficient (Wildman–Crippen LogP) is 0.978. The number of piperidine rings is 1. The highest BCUT2D eigenvalue weighted by molar-refractivity contribution is 5.89. The highest BCUT2D eigenvalue weighted by Gasteiger charge is 2.42. The Morgan fingerprint density at radius 1 is 1.16 bits per heavy atom. The summed E-state index contributed by atoms with van der Waals surface area (Å²) in [6.07, 6.45) is 6.18. The maximum absolute atomic E-state index is 12.3. The van der Waals surface area contributed by atoms with Gasteiger partial charge in [-0.05, 0) is 38.8 Å². The quantitative estimate of drug-likeness (QED) is 0.749. The lowest BCUT2D eigenvalue weighted by atomic mass is 9.81. The zero-order chi connectivity index (χ0) is 13.7. The van der Waals surface area contributed by atoms with Gasteiger partial charge in [-0.25, -0.2) is 4.79 Å². The Kier molecular flexibility index (Phi) is 4.80. The zero-order valence-electron chi connectivity index (χ0n) is 11.7. The van der Waals surface area contributed by atoms with E-state index in [1.807, 2.05) is 0 Å². The van der Waals surface area contributed by atoms with Crippen LogP contribution in [-0.4, -0.2) is 37.6 Å². The van der Waals surface area contributed by atoms with Crippen molar-refractivity contribution in [3.8, 4) is 0 Å². The van der Waals surface area contributed by atoms with Crippen molar-refractivity contribution in [2.24, 2.45) is 5.92 Å². The third-order valence-corrected chi connectivity index (χ3v) is 4.36. The minimum Gasteiger partial charge on any atom is -0.467 e. The molecule has 19 heavy (non-hydrogen) atoms. The van der Waals surface area contributed by atoms with Crippen molar-refractivity contribution in [1.82, 2.24) is 10.6 Å². The molecule has 0 bridgehead atoms. The molecular weight excluding hydrogens is 244 g/mol. The van der Waals surface area contributed by atoms with Gasteiger partial charge in [0.1, 0.15) is 5.54 Å². The summed E-state index contributed by atoms with van der Waals surface area (Å²) in [5.74, 6) is -0.229. The molecule has 1 aliphatic heterocycles. The van der Waals surface area contributed by atoms with E-state index in [9.17, 15) is 9.59 Å². The third-order valence-electron chi connectivity index (χ3n) is 4.36. The van der Waals surface area contributed by atoms with Crippen LogP contribution in [0.25, 0.3) is 0 Å². The number of hydrogen-bond acceptors (Lipinski definition) is 4. The summed E-state index contributed by atoms with van der Waals surface area (Å²) in [6, 6.07) is 0. The molecular formula is C14H24N2O3. The molecule has 0 radical (unpaired) electrons. The fourth-order valence-corrected chi connectivity index (χ4v) is 3.15. The van der Waals surface area contributed by atoms with Crippen molar-refractivity contribution in [2.75, 3.05) is 20.2 Å². The lowest BCUT2D eigenvalue weighted by Gasteiger charge is -2.36. The molecule has 0 unspecified atom stereocenters. The van der Waals surface area contributed by atoms with Crippen molar-refractivity contribution in [3.63, 3.8) is 0 Å². The fourth-order valence-electron chi connectivity index (χ4n) is 3.15. The van der Waals surface area contributed by atoms with Crippen molar-refractivity contribution < 1.29 is 14.3 Å². The van der Waals surface area contributed by atoms with E-state index in [0.29, 0.717) is 12.8 Å². The van der Waals surface area contributed by atoms with Crippen LogP contribution in [0.3, 0.4) is 0 Å². The van der Waals surface area contributed by atoms with Crippen molar-refractivity contribution >= 4 is 11.9 Å². The van der Waals surface area contributed by atoms with Crippen LogP contribution in [0.4, 0.5) is 0 Å². The molecule has 1 aliphatic carbocycles. The number of rotatable bonds is 3. The Morgan fingerprint density at radius 2 is 1.79 bits per heavy atom. The van der Waals surface area contributed by atoms with Crippen LogP contribution in [0, 0.1) is 5.92 Å². The van der Waals surface area contributed by atoms with E-state index in [2.05, 4.69) is 10.6 Å². The number of carbonyl (C=O) groups excluding carboxylic acids is 2. The number of amides is 1. The minimum absolute atomic E-state index is 0.0220. The minimum atomic E-state index is -0.769. The molecule has 0 aromatic carbocycles. The van der Waals surface area contributed by atoms with E-state index in [1.54, 1.807) is 0 Å². The van der Waals surface area contributed by atoms with Gasteiger partial charge < -0.3 is 15.4 Å². The zero-order valence-corrected chi connectivity index (χ0v) is 11.7. The lowest BCUT2D eigenvalue weighted by Crippen LogP contribution is -2.58. The summed E-state index contributed by atoms with van der Waals surface area (Å²) >= 11 is 0. The number of esters is 1. The molecule has 1 amide bonds. The first kappa shape index (κ1) is 14.3. The molecule has 2 fully saturated rings. The molecule has 5 heteroatoms. The van der Waals surface area contributed by atoms with E-state index in [-0.39, 0.29) is 17.8 Å². The van der Waals surface area contributed by atoms with Gasteiger partial charge in [0.25, 0.3) is 0 Å². The normalized spacial score (nSPS) is 23.6. The van der Waals surface area contributed by atoms with E-state index in [4.69, 9.17) is 4.74 Å². The standard InChI is InChI=1S/C14H24N2O3/c1-19-13(18)14(7-3-2-4-8-14)16-12(17)11-5-9-15-10-6-11/h11,15H,2-10H2,1H3,(H,16,17). The molecule has 2 rings (SSSR count). The summed E-state index contributed by atoms with van der Waals surface area (Å²) in [6.45, 7) is 1.76. The van der Waals surface area contributed by atoms with E-state index in [1.165, 1.54) is 7.11 Å². The Morgan fingerprint density at radius 3 is 2.37 bits per heavy atom. The maximum atomic E-state index is 12.3. The first-order valence-corrected chi connectivity index (χ1v) is 7.29. The van der Waals surface area contributed by atoms with Gasteiger partial charge in [-0.3, -0.25) is 4.79 Å². The van der Waals surface area contributed by atoms with Gasteiger partial charge in [0, 0.05) is 5.92 Å². The van der Waals surface area contributed by atoms with Crippen molar-refractivity contribution in [1.29, 1.82) is 0 Å². The van der Waals surface area contributed by atoms with Crippen LogP contribution in [0.1, 0.15) is 44.9 Å². The molecule has 108 valence electrons. The van der Waals surface area contributed by atoms with Crippen LogP contribution in [0.5, 0.6) is 0 Å². The molecule has 0 spiro atoms. The topological polar surface area (TPSA) is 67.4 Å².